The highest BCUT2D eigenvalue weighted by atomic mass is 32.1. The zero-order valence-electron chi connectivity index (χ0n) is 16.5. The number of thiazole rings is 1. The molecule has 150 valence electrons. The van der Waals surface area contributed by atoms with E-state index in [4.69, 9.17) is 4.42 Å². The number of aromatic nitrogens is 3. The molecule has 1 aliphatic carbocycles. The fourth-order valence-electron chi connectivity index (χ4n) is 3.56. The van der Waals surface area contributed by atoms with Gasteiger partial charge in [0.25, 0.3) is 5.91 Å². The van der Waals surface area contributed by atoms with Crippen LogP contribution < -0.4 is 5.32 Å². The van der Waals surface area contributed by atoms with Gasteiger partial charge in [0, 0.05) is 21.6 Å². The lowest BCUT2D eigenvalue weighted by molar-refractivity contribution is 0.102. The Morgan fingerprint density at radius 1 is 1.03 bits per heavy atom. The zero-order chi connectivity index (χ0) is 20.5. The summed E-state index contributed by atoms with van der Waals surface area (Å²) in [6.45, 7) is 2.26. The summed E-state index contributed by atoms with van der Waals surface area (Å²) in [6, 6.07) is 16.8. The lowest BCUT2D eigenvalue weighted by atomic mass is 9.93. The molecule has 2 aromatic carbocycles. The second-order valence-electron chi connectivity index (χ2n) is 7.55. The van der Waals surface area contributed by atoms with E-state index in [0.29, 0.717) is 28.4 Å². The number of amides is 1. The fraction of sp³-hybridized carbons (Fsp3) is 0.217. The Morgan fingerprint density at radius 3 is 2.47 bits per heavy atom. The number of aryl methyl sites for hydroxylation is 1. The van der Waals surface area contributed by atoms with Gasteiger partial charge in [-0.1, -0.05) is 25.1 Å². The number of fused-ring (bicyclic) bond motifs is 1. The lowest BCUT2D eigenvalue weighted by Gasteiger charge is -2.15. The van der Waals surface area contributed by atoms with Gasteiger partial charge in [-0.3, -0.25) is 10.1 Å². The van der Waals surface area contributed by atoms with E-state index in [-0.39, 0.29) is 5.91 Å². The standard InChI is InChI=1S/C23H20N4O2S/c1-14-7-12-18-19(13-14)30-23(24-18)25-20(28)15-8-10-17(11-9-15)22-27-26-21(29-22)16-5-3-2-4-6-16/h2-6,8-11,14H,7,12-13H2,1H3,(H,24,25,28). The van der Waals surface area contributed by atoms with Gasteiger partial charge in [0.2, 0.25) is 11.8 Å². The van der Waals surface area contributed by atoms with Crippen molar-refractivity contribution in [3.05, 3.63) is 70.7 Å². The molecular formula is C23H20N4O2S. The highest BCUT2D eigenvalue weighted by molar-refractivity contribution is 7.15. The quantitative estimate of drug-likeness (QED) is 0.492. The monoisotopic (exact) mass is 416 g/mol. The largest absolute Gasteiger partial charge is 0.416 e. The number of carbonyl (C=O) groups excluding carboxylic acids is 1. The number of hydrogen-bond acceptors (Lipinski definition) is 6. The molecule has 4 aromatic rings. The highest BCUT2D eigenvalue weighted by Gasteiger charge is 2.21. The third-order valence-electron chi connectivity index (χ3n) is 5.25. The molecule has 0 radical (unpaired) electrons. The molecule has 2 aromatic heterocycles. The molecule has 0 spiro atoms. The van der Waals surface area contributed by atoms with E-state index < -0.39 is 0 Å². The van der Waals surface area contributed by atoms with Crippen LogP contribution in [-0.2, 0) is 12.8 Å². The Labute approximate surface area is 178 Å². The smallest absolute Gasteiger partial charge is 0.257 e. The van der Waals surface area contributed by atoms with Gasteiger partial charge in [-0.25, -0.2) is 4.98 Å². The van der Waals surface area contributed by atoms with Gasteiger partial charge in [0.05, 0.1) is 5.69 Å². The molecule has 0 bridgehead atoms. The minimum absolute atomic E-state index is 0.170. The summed E-state index contributed by atoms with van der Waals surface area (Å²) in [7, 11) is 0. The molecule has 2 heterocycles. The molecule has 1 amide bonds. The van der Waals surface area contributed by atoms with Crippen molar-refractivity contribution in [3.63, 3.8) is 0 Å². The number of hydrogen-bond donors (Lipinski definition) is 1. The van der Waals surface area contributed by atoms with Gasteiger partial charge in [-0.2, -0.15) is 0 Å². The zero-order valence-corrected chi connectivity index (χ0v) is 17.3. The summed E-state index contributed by atoms with van der Waals surface area (Å²) in [5, 5.41) is 11.8. The van der Waals surface area contributed by atoms with Crippen molar-refractivity contribution in [2.75, 3.05) is 5.32 Å². The van der Waals surface area contributed by atoms with Gasteiger partial charge in [-0.15, -0.1) is 21.5 Å². The van der Waals surface area contributed by atoms with Crippen molar-refractivity contribution >= 4 is 22.4 Å². The Kier molecular flexibility index (Phi) is 4.88. The maximum Gasteiger partial charge on any atom is 0.257 e. The van der Waals surface area contributed by atoms with Crippen LogP contribution in [0, 0.1) is 5.92 Å². The first-order chi connectivity index (χ1) is 14.7. The molecule has 0 fully saturated rings. The number of benzene rings is 2. The molecule has 5 rings (SSSR count). The van der Waals surface area contributed by atoms with Crippen LogP contribution in [0.4, 0.5) is 5.13 Å². The molecule has 1 N–H and O–H groups in total. The summed E-state index contributed by atoms with van der Waals surface area (Å²) < 4.78 is 5.78. The van der Waals surface area contributed by atoms with E-state index in [2.05, 4.69) is 27.4 Å². The molecule has 1 aliphatic rings. The minimum atomic E-state index is -0.170. The minimum Gasteiger partial charge on any atom is -0.416 e. The number of carbonyl (C=O) groups is 1. The maximum atomic E-state index is 12.6. The Bertz CT molecular complexity index is 1180. The summed E-state index contributed by atoms with van der Waals surface area (Å²) in [6.07, 6.45) is 3.20. The van der Waals surface area contributed by atoms with Gasteiger partial charge in [-0.05, 0) is 61.6 Å². The first-order valence-electron chi connectivity index (χ1n) is 9.95. The van der Waals surface area contributed by atoms with E-state index in [1.54, 1.807) is 23.5 Å². The predicted octanol–water partition coefficient (Wildman–Crippen LogP) is 5.24. The third kappa shape index (κ3) is 3.76. The molecule has 1 atom stereocenters. The summed E-state index contributed by atoms with van der Waals surface area (Å²) in [4.78, 5) is 18.5. The fourth-order valence-corrected chi connectivity index (χ4v) is 4.73. The van der Waals surface area contributed by atoms with Crippen molar-refractivity contribution in [2.45, 2.75) is 26.2 Å². The van der Waals surface area contributed by atoms with E-state index >= 15 is 0 Å². The second-order valence-corrected chi connectivity index (χ2v) is 8.63. The number of nitrogens with one attached hydrogen (secondary N) is 1. The molecule has 0 saturated carbocycles. The van der Waals surface area contributed by atoms with Crippen LogP contribution >= 0.6 is 11.3 Å². The predicted molar refractivity (Wildman–Crippen MR) is 116 cm³/mol. The number of rotatable bonds is 4. The van der Waals surface area contributed by atoms with Crippen LogP contribution in [-0.4, -0.2) is 21.1 Å². The normalized spacial score (nSPS) is 15.6. The van der Waals surface area contributed by atoms with Crippen molar-refractivity contribution < 1.29 is 9.21 Å². The maximum absolute atomic E-state index is 12.6. The first-order valence-corrected chi connectivity index (χ1v) is 10.8. The van der Waals surface area contributed by atoms with Crippen molar-refractivity contribution in [3.8, 4) is 22.9 Å². The summed E-state index contributed by atoms with van der Waals surface area (Å²) >= 11 is 1.59. The lowest BCUT2D eigenvalue weighted by Crippen LogP contribution is -2.12. The van der Waals surface area contributed by atoms with E-state index in [0.717, 1.165) is 36.1 Å². The molecule has 0 saturated heterocycles. The topological polar surface area (TPSA) is 80.9 Å². The third-order valence-corrected chi connectivity index (χ3v) is 6.28. The Morgan fingerprint density at radius 2 is 1.73 bits per heavy atom. The van der Waals surface area contributed by atoms with Crippen LogP contribution in [0.2, 0.25) is 0 Å². The molecule has 6 nitrogen and oxygen atoms in total. The SMILES string of the molecule is CC1CCc2nc(NC(=O)c3ccc(-c4nnc(-c5ccccc5)o4)cc3)sc2C1. The van der Waals surface area contributed by atoms with Crippen molar-refractivity contribution in [2.24, 2.45) is 5.92 Å². The second kappa shape index (κ2) is 7.84. The molecule has 1 unspecified atom stereocenters. The Balaban J connectivity index is 1.29. The van der Waals surface area contributed by atoms with E-state index in [1.807, 2.05) is 42.5 Å². The van der Waals surface area contributed by atoms with Gasteiger partial charge < -0.3 is 4.42 Å². The van der Waals surface area contributed by atoms with Crippen molar-refractivity contribution in [1.29, 1.82) is 0 Å². The van der Waals surface area contributed by atoms with Gasteiger partial charge in [0.1, 0.15) is 0 Å². The van der Waals surface area contributed by atoms with Crippen LogP contribution in [0.1, 0.15) is 34.3 Å². The molecule has 7 heteroatoms. The van der Waals surface area contributed by atoms with Crippen molar-refractivity contribution in [1.82, 2.24) is 15.2 Å². The molecular weight excluding hydrogens is 396 g/mol. The first kappa shape index (κ1) is 18.7. The van der Waals surface area contributed by atoms with E-state index in [9.17, 15) is 4.79 Å². The summed E-state index contributed by atoms with van der Waals surface area (Å²) in [5.74, 6) is 1.40. The van der Waals surface area contributed by atoms with Crippen LogP contribution in [0.3, 0.4) is 0 Å². The highest BCUT2D eigenvalue weighted by Crippen LogP contribution is 2.32. The molecule has 30 heavy (non-hydrogen) atoms. The summed E-state index contributed by atoms with van der Waals surface area (Å²) in [5.41, 5.74) is 3.32. The number of anilines is 1. The molecule has 0 aliphatic heterocycles. The van der Waals surface area contributed by atoms with E-state index in [1.165, 1.54) is 4.88 Å². The number of nitrogens with zero attached hydrogens (tertiary/aromatic N) is 3. The average molecular weight is 417 g/mol. The van der Waals surface area contributed by atoms with Crippen LogP contribution in [0.25, 0.3) is 22.9 Å². The van der Waals surface area contributed by atoms with Crippen LogP contribution in [0.15, 0.2) is 59.0 Å². The van der Waals surface area contributed by atoms with Gasteiger partial charge in [0.15, 0.2) is 5.13 Å². The Hall–Kier alpha value is -3.32. The van der Waals surface area contributed by atoms with Crippen LogP contribution in [0.5, 0.6) is 0 Å². The average Bonchev–Trinajstić information content (AvgIpc) is 3.41. The van der Waals surface area contributed by atoms with Gasteiger partial charge >= 0.3 is 0 Å².